The van der Waals surface area contributed by atoms with Crippen LogP contribution in [0.1, 0.15) is 37.3 Å². The van der Waals surface area contributed by atoms with Crippen molar-refractivity contribution >= 4 is 0 Å². The molecule has 2 aliphatic rings. The summed E-state index contributed by atoms with van der Waals surface area (Å²) in [4.78, 5) is 0. The van der Waals surface area contributed by atoms with Gasteiger partial charge in [0.25, 0.3) is 0 Å². The van der Waals surface area contributed by atoms with Crippen LogP contribution < -0.4 is 10.1 Å². The highest BCUT2D eigenvalue weighted by Crippen LogP contribution is 2.38. The second kappa shape index (κ2) is 5.28. The van der Waals surface area contributed by atoms with Gasteiger partial charge < -0.3 is 10.1 Å². The first-order valence-electron chi connectivity index (χ1n) is 7.09. The Morgan fingerprint density at radius 1 is 1.05 bits per heavy atom. The molecule has 1 aromatic rings. The lowest BCUT2D eigenvalue weighted by Gasteiger charge is -2.31. The molecule has 1 saturated carbocycles. The summed E-state index contributed by atoms with van der Waals surface area (Å²) < 4.78 is 44.0. The Bertz CT molecular complexity index is 453. The van der Waals surface area contributed by atoms with Crippen LogP contribution in [0.4, 0.5) is 13.2 Å². The van der Waals surface area contributed by atoms with E-state index >= 15 is 0 Å². The lowest BCUT2D eigenvalue weighted by Crippen LogP contribution is -2.37. The molecule has 1 N–H and O–H groups in total. The summed E-state index contributed by atoms with van der Waals surface area (Å²) in [6, 6.07) is 7.23. The number of ether oxygens (including phenoxy) is 1. The van der Waals surface area contributed by atoms with E-state index in [4.69, 9.17) is 4.74 Å². The van der Waals surface area contributed by atoms with Gasteiger partial charge in [-0.05, 0) is 49.9 Å². The summed E-state index contributed by atoms with van der Waals surface area (Å²) in [5.74, 6) is -0.393. The number of alkyl halides is 3. The molecule has 0 spiro atoms. The molecule has 20 heavy (non-hydrogen) atoms. The molecule has 0 radical (unpaired) electrons. The van der Waals surface area contributed by atoms with Crippen LogP contribution in [0.2, 0.25) is 0 Å². The molecule has 1 aliphatic carbocycles. The first-order valence-corrected chi connectivity index (χ1v) is 7.09. The normalized spacial score (nSPS) is 27.4. The molecule has 1 saturated heterocycles. The zero-order chi connectivity index (χ0) is 14.2. The van der Waals surface area contributed by atoms with Crippen molar-refractivity contribution in [1.82, 2.24) is 5.32 Å². The van der Waals surface area contributed by atoms with Gasteiger partial charge in [-0.2, -0.15) is 13.2 Å². The van der Waals surface area contributed by atoms with Crippen molar-refractivity contribution < 1.29 is 17.9 Å². The van der Waals surface area contributed by atoms with E-state index in [9.17, 15) is 13.2 Å². The van der Waals surface area contributed by atoms with Crippen LogP contribution in [0.3, 0.4) is 0 Å². The first kappa shape index (κ1) is 13.7. The first-order chi connectivity index (χ1) is 9.52. The van der Waals surface area contributed by atoms with E-state index in [2.05, 4.69) is 5.32 Å². The minimum Gasteiger partial charge on any atom is -0.490 e. The van der Waals surface area contributed by atoms with E-state index in [1.54, 1.807) is 0 Å². The van der Waals surface area contributed by atoms with Gasteiger partial charge in [0.05, 0.1) is 12.0 Å². The Balaban J connectivity index is 1.65. The molecule has 1 heterocycles. The second-order valence-electron chi connectivity index (χ2n) is 5.66. The number of hydrogen-bond acceptors (Lipinski definition) is 2. The van der Waals surface area contributed by atoms with Gasteiger partial charge in [-0.1, -0.05) is 12.1 Å². The van der Waals surface area contributed by atoms with Gasteiger partial charge in [0.1, 0.15) is 5.75 Å². The van der Waals surface area contributed by atoms with Gasteiger partial charge in [0, 0.05) is 6.04 Å². The SMILES string of the molecule is FC(F)(F)C1CCNC(c2ccc(OC3CC3)cc2)C1. The summed E-state index contributed by atoms with van der Waals surface area (Å²) in [5, 5.41) is 3.17. The van der Waals surface area contributed by atoms with Crippen LogP contribution in [0.25, 0.3) is 0 Å². The summed E-state index contributed by atoms with van der Waals surface area (Å²) in [6.45, 7) is 0.412. The molecule has 0 aromatic heterocycles. The average molecular weight is 285 g/mol. The van der Waals surface area contributed by atoms with E-state index in [0.717, 1.165) is 24.2 Å². The Hall–Kier alpha value is -1.23. The largest absolute Gasteiger partial charge is 0.490 e. The van der Waals surface area contributed by atoms with Crippen LogP contribution in [0.15, 0.2) is 24.3 Å². The molecule has 5 heteroatoms. The molecule has 3 rings (SSSR count). The van der Waals surface area contributed by atoms with Crippen molar-refractivity contribution in [1.29, 1.82) is 0 Å². The van der Waals surface area contributed by atoms with E-state index in [0.29, 0.717) is 12.6 Å². The minimum atomic E-state index is -4.09. The quantitative estimate of drug-likeness (QED) is 0.911. The molecule has 110 valence electrons. The van der Waals surface area contributed by atoms with Crippen molar-refractivity contribution in [2.75, 3.05) is 6.54 Å². The highest BCUT2D eigenvalue weighted by molar-refractivity contribution is 5.30. The maximum atomic E-state index is 12.8. The predicted octanol–water partition coefficient (Wildman–Crippen LogP) is 3.83. The molecule has 2 atom stereocenters. The number of nitrogens with one attached hydrogen (secondary N) is 1. The summed E-state index contributed by atoms with van der Waals surface area (Å²) >= 11 is 0. The number of benzene rings is 1. The Morgan fingerprint density at radius 3 is 2.35 bits per heavy atom. The van der Waals surface area contributed by atoms with E-state index < -0.39 is 12.1 Å². The molecule has 1 aliphatic heterocycles. The lowest BCUT2D eigenvalue weighted by atomic mass is 9.88. The van der Waals surface area contributed by atoms with Gasteiger partial charge in [0.2, 0.25) is 0 Å². The fourth-order valence-electron chi connectivity index (χ4n) is 2.63. The van der Waals surface area contributed by atoms with Gasteiger partial charge >= 0.3 is 6.18 Å². The third-order valence-electron chi connectivity index (χ3n) is 3.98. The highest BCUT2D eigenvalue weighted by Gasteiger charge is 2.42. The number of rotatable bonds is 3. The fraction of sp³-hybridized carbons (Fsp3) is 0.600. The molecule has 0 bridgehead atoms. The molecule has 2 fully saturated rings. The summed E-state index contributed by atoms with van der Waals surface area (Å²) in [5.41, 5.74) is 0.905. The Kier molecular flexibility index (Phi) is 3.63. The zero-order valence-corrected chi connectivity index (χ0v) is 11.1. The van der Waals surface area contributed by atoms with Gasteiger partial charge in [-0.25, -0.2) is 0 Å². The molecular weight excluding hydrogens is 267 g/mol. The zero-order valence-electron chi connectivity index (χ0n) is 11.1. The standard InChI is InChI=1S/C15H18F3NO/c16-15(17,18)11-7-8-19-14(9-11)10-1-3-12(4-2-10)20-13-5-6-13/h1-4,11,13-14,19H,5-9H2. The molecule has 2 unspecified atom stereocenters. The lowest BCUT2D eigenvalue weighted by molar-refractivity contribution is -0.183. The van der Waals surface area contributed by atoms with Crippen molar-refractivity contribution in [3.63, 3.8) is 0 Å². The Labute approximate surface area is 116 Å². The van der Waals surface area contributed by atoms with Crippen LogP contribution in [0, 0.1) is 5.92 Å². The van der Waals surface area contributed by atoms with Crippen LogP contribution in [0.5, 0.6) is 5.75 Å². The van der Waals surface area contributed by atoms with E-state index in [1.165, 1.54) is 0 Å². The molecule has 1 aromatic carbocycles. The van der Waals surface area contributed by atoms with Gasteiger partial charge in [-0.3, -0.25) is 0 Å². The number of hydrogen-bond donors (Lipinski definition) is 1. The number of piperidine rings is 1. The highest BCUT2D eigenvalue weighted by atomic mass is 19.4. The summed E-state index contributed by atoms with van der Waals surface area (Å²) in [6.07, 6.45) is -1.27. The molecular formula is C15H18F3NO. The second-order valence-corrected chi connectivity index (χ2v) is 5.66. The van der Waals surface area contributed by atoms with Crippen molar-refractivity contribution in [2.45, 2.75) is 44.0 Å². The van der Waals surface area contributed by atoms with Crippen LogP contribution in [-0.2, 0) is 0 Å². The smallest absolute Gasteiger partial charge is 0.391 e. The topological polar surface area (TPSA) is 21.3 Å². The maximum absolute atomic E-state index is 12.8. The van der Waals surface area contributed by atoms with Crippen molar-refractivity contribution in [2.24, 2.45) is 5.92 Å². The average Bonchev–Trinajstić information content (AvgIpc) is 3.23. The predicted molar refractivity (Wildman–Crippen MR) is 69.6 cm³/mol. The summed E-state index contributed by atoms with van der Waals surface area (Å²) in [7, 11) is 0. The van der Waals surface area contributed by atoms with E-state index in [1.807, 2.05) is 24.3 Å². The van der Waals surface area contributed by atoms with Crippen LogP contribution in [-0.4, -0.2) is 18.8 Å². The van der Waals surface area contributed by atoms with Gasteiger partial charge in [0.15, 0.2) is 0 Å². The third-order valence-corrected chi connectivity index (χ3v) is 3.98. The monoisotopic (exact) mass is 285 g/mol. The van der Waals surface area contributed by atoms with Crippen LogP contribution >= 0.6 is 0 Å². The fourth-order valence-corrected chi connectivity index (χ4v) is 2.63. The Morgan fingerprint density at radius 2 is 1.75 bits per heavy atom. The van der Waals surface area contributed by atoms with Gasteiger partial charge in [-0.15, -0.1) is 0 Å². The number of halogens is 3. The molecule has 0 amide bonds. The van der Waals surface area contributed by atoms with Crippen molar-refractivity contribution in [3.05, 3.63) is 29.8 Å². The maximum Gasteiger partial charge on any atom is 0.391 e. The molecule has 2 nitrogen and oxygen atoms in total. The minimum absolute atomic E-state index is 0.117. The van der Waals surface area contributed by atoms with E-state index in [-0.39, 0.29) is 18.9 Å². The van der Waals surface area contributed by atoms with Crippen molar-refractivity contribution in [3.8, 4) is 5.75 Å². The third kappa shape index (κ3) is 3.26.